The molecule has 0 fully saturated rings. The zero-order valence-corrected chi connectivity index (χ0v) is 21.1. The van der Waals surface area contributed by atoms with E-state index in [0.717, 1.165) is 6.42 Å². The highest BCUT2D eigenvalue weighted by Crippen LogP contribution is 2.27. The quantitative estimate of drug-likeness (QED) is 0.294. The number of carbonyl (C=O) groups is 2. The van der Waals surface area contributed by atoms with Crippen LogP contribution in [0.4, 0.5) is 0 Å². The predicted octanol–water partition coefficient (Wildman–Crippen LogP) is 5.43. The molecule has 0 atom stereocenters. The number of hydrogen-bond donors (Lipinski definition) is 1. The largest absolute Gasteiger partial charge is 0.356 e. The number of rotatable bonds is 10. The molecule has 1 N–H and O–H groups in total. The molecule has 3 rings (SSSR count). The van der Waals surface area contributed by atoms with Crippen molar-refractivity contribution in [2.45, 2.75) is 38.8 Å². The van der Waals surface area contributed by atoms with Crippen molar-refractivity contribution < 1.29 is 9.59 Å². The number of halogens is 2. The third-order valence-electron chi connectivity index (χ3n) is 4.78. The van der Waals surface area contributed by atoms with Crippen LogP contribution in [0.25, 0.3) is 5.69 Å². The maximum atomic E-state index is 12.8. The minimum atomic E-state index is -0.119. The van der Waals surface area contributed by atoms with Gasteiger partial charge in [0.05, 0.1) is 11.4 Å². The monoisotopic (exact) mass is 504 g/mol. The molecule has 33 heavy (non-hydrogen) atoms. The maximum Gasteiger partial charge on any atom is 0.216 e. The Kier molecular flexibility index (Phi) is 8.95. The summed E-state index contributed by atoms with van der Waals surface area (Å²) in [6.45, 7) is 6.21. The summed E-state index contributed by atoms with van der Waals surface area (Å²) in [5.74, 6) is 1.30. The summed E-state index contributed by atoms with van der Waals surface area (Å²) in [4.78, 5) is 24.0. The number of thioether (sulfide) groups is 1. The molecule has 0 saturated heterocycles. The van der Waals surface area contributed by atoms with Gasteiger partial charge in [0.25, 0.3) is 0 Å². The molecule has 0 spiro atoms. The van der Waals surface area contributed by atoms with Crippen LogP contribution < -0.4 is 5.32 Å². The van der Waals surface area contributed by atoms with Gasteiger partial charge in [-0.05, 0) is 36.1 Å². The van der Waals surface area contributed by atoms with Crippen LogP contribution in [0.5, 0.6) is 0 Å². The lowest BCUT2D eigenvalue weighted by molar-refractivity contribution is -0.118. The highest BCUT2D eigenvalue weighted by Gasteiger charge is 2.17. The van der Waals surface area contributed by atoms with Gasteiger partial charge in [0.1, 0.15) is 5.82 Å². The SMILES string of the molecule is CC(=O)NCCc1nnc(SCC(=O)c2ccc(CC(C)C)cc2)n1-c1cc(Cl)cc(Cl)c1. The zero-order chi connectivity index (χ0) is 24.0. The van der Waals surface area contributed by atoms with Crippen molar-refractivity contribution in [2.24, 2.45) is 5.92 Å². The predicted molar refractivity (Wildman–Crippen MR) is 134 cm³/mol. The zero-order valence-electron chi connectivity index (χ0n) is 18.8. The summed E-state index contributed by atoms with van der Waals surface area (Å²) in [5.41, 5.74) is 2.58. The lowest BCUT2D eigenvalue weighted by atomic mass is 10.0. The normalized spacial score (nSPS) is 11.1. The molecule has 6 nitrogen and oxygen atoms in total. The standard InChI is InChI=1S/C24H26Cl2N4O2S/c1-15(2)10-17-4-6-18(7-5-17)22(32)14-33-24-29-28-23(8-9-27-16(3)31)30(24)21-12-19(25)11-20(26)13-21/h4-7,11-13,15H,8-10,14H2,1-3H3,(H,27,31). The third kappa shape index (κ3) is 7.32. The van der Waals surface area contributed by atoms with E-state index in [1.165, 1.54) is 24.2 Å². The van der Waals surface area contributed by atoms with E-state index in [1.54, 1.807) is 18.2 Å². The van der Waals surface area contributed by atoms with Gasteiger partial charge in [0, 0.05) is 35.5 Å². The summed E-state index contributed by atoms with van der Waals surface area (Å²) >= 11 is 13.7. The van der Waals surface area contributed by atoms with Gasteiger partial charge in [-0.3, -0.25) is 14.2 Å². The van der Waals surface area contributed by atoms with E-state index in [1.807, 2.05) is 28.8 Å². The van der Waals surface area contributed by atoms with E-state index in [4.69, 9.17) is 23.2 Å². The second-order valence-electron chi connectivity index (χ2n) is 8.10. The molecule has 0 bridgehead atoms. The molecular weight excluding hydrogens is 479 g/mol. The Morgan fingerprint density at radius 2 is 1.73 bits per heavy atom. The van der Waals surface area contributed by atoms with Crippen LogP contribution in [0.15, 0.2) is 47.6 Å². The van der Waals surface area contributed by atoms with Crippen molar-refractivity contribution in [1.29, 1.82) is 0 Å². The van der Waals surface area contributed by atoms with Crippen LogP contribution in [0, 0.1) is 5.92 Å². The number of Topliss-reactive ketones (excluding diaryl/α,β-unsaturated/α-hetero) is 1. The van der Waals surface area contributed by atoms with Gasteiger partial charge >= 0.3 is 0 Å². The maximum absolute atomic E-state index is 12.8. The highest BCUT2D eigenvalue weighted by molar-refractivity contribution is 7.99. The summed E-state index contributed by atoms with van der Waals surface area (Å²) in [7, 11) is 0. The Bertz CT molecular complexity index is 1110. The third-order valence-corrected chi connectivity index (χ3v) is 6.15. The average Bonchev–Trinajstić information content (AvgIpc) is 3.14. The van der Waals surface area contributed by atoms with Crippen LogP contribution in [0.3, 0.4) is 0 Å². The van der Waals surface area contributed by atoms with Crippen molar-refractivity contribution >= 4 is 46.7 Å². The van der Waals surface area contributed by atoms with Gasteiger partial charge in [-0.25, -0.2) is 0 Å². The Morgan fingerprint density at radius 3 is 2.33 bits per heavy atom. The second kappa shape index (κ2) is 11.7. The number of carbonyl (C=O) groups excluding carboxylic acids is 2. The molecule has 3 aromatic rings. The highest BCUT2D eigenvalue weighted by atomic mass is 35.5. The first-order chi connectivity index (χ1) is 15.7. The smallest absolute Gasteiger partial charge is 0.216 e. The Hall–Kier alpha value is -2.35. The van der Waals surface area contributed by atoms with Gasteiger partial charge in [0.15, 0.2) is 10.9 Å². The molecule has 1 amide bonds. The van der Waals surface area contributed by atoms with Gasteiger partial charge < -0.3 is 5.32 Å². The van der Waals surface area contributed by atoms with Gasteiger partial charge in [-0.15, -0.1) is 10.2 Å². The number of amides is 1. The number of nitrogens with one attached hydrogen (secondary N) is 1. The van der Waals surface area contributed by atoms with Gasteiger partial charge in [0.2, 0.25) is 5.91 Å². The molecule has 0 unspecified atom stereocenters. The molecule has 0 aliphatic carbocycles. The van der Waals surface area contributed by atoms with Crippen molar-refractivity contribution in [1.82, 2.24) is 20.1 Å². The lowest BCUT2D eigenvalue weighted by Gasteiger charge is -2.11. The molecule has 0 saturated carbocycles. The second-order valence-corrected chi connectivity index (χ2v) is 9.92. The summed E-state index contributed by atoms with van der Waals surface area (Å²) in [5, 5.41) is 12.8. The molecule has 9 heteroatoms. The topological polar surface area (TPSA) is 76.9 Å². The average molecular weight is 505 g/mol. The lowest BCUT2D eigenvalue weighted by Crippen LogP contribution is -2.23. The van der Waals surface area contributed by atoms with Crippen LogP contribution in [0.2, 0.25) is 10.0 Å². The fourth-order valence-electron chi connectivity index (χ4n) is 3.35. The Labute approximate surface area is 208 Å². The minimum Gasteiger partial charge on any atom is -0.356 e. The Morgan fingerprint density at radius 1 is 1.06 bits per heavy atom. The van der Waals surface area contributed by atoms with Crippen LogP contribution in [0.1, 0.15) is 42.5 Å². The van der Waals surface area contributed by atoms with Crippen molar-refractivity contribution in [2.75, 3.05) is 12.3 Å². The molecule has 0 aliphatic rings. The molecule has 1 aromatic heterocycles. The minimum absolute atomic E-state index is 0.00886. The van der Waals surface area contributed by atoms with Gasteiger partial charge in [-0.1, -0.05) is 73.1 Å². The van der Waals surface area contributed by atoms with E-state index in [0.29, 0.717) is 51.2 Å². The van der Waals surface area contributed by atoms with E-state index >= 15 is 0 Å². The number of hydrogen-bond acceptors (Lipinski definition) is 5. The van der Waals surface area contributed by atoms with E-state index in [2.05, 4.69) is 29.4 Å². The van der Waals surface area contributed by atoms with Crippen LogP contribution in [-0.4, -0.2) is 38.8 Å². The van der Waals surface area contributed by atoms with E-state index in [-0.39, 0.29) is 17.4 Å². The first kappa shape index (κ1) is 25.3. The van der Waals surface area contributed by atoms with Crippen molar-refractivity contribution in [3.63, 3.8) is 0 Å². The summed E-state index contributed by atoms with van der Waals surface area (Å²) in [6.07, 6.45) is 1.44. The molecule has 0 radical (unpaired) electrons. The van der Waals surface area contributed by atoms with Crippen molar-refractivity contribution in [3.8, 4) is 5.69 Å². The molecule has 2 aromatic carbocycles. The van der Waals surface area contributed by atoms with Crippen molar-refractivity contribution in [3.05, 3.63) is 69.5 Å². The van der Waals surface area contributed by atoms with Crippen LogP contribution >= 0.6 is 35.0 Å². The first-order valence-electron chi connectivity index (χ1n) is 10.6. The van der Waals surface area contributed by atoms with E-state index < -0.39 is 0 Å². The fourth-order valence-corrected chi connectivity index (χ4v) is 4.73. The summed E-state index contributed by atoms with van der Waals surface area (Å²) < 4.78 is 1.82. The Balaban J connectivity index is 1.79. The molecule has 1 heterocycles. The van der Waals surface area contributed by atoms with E-state index in [9.17, 15) is 9.59 Å². The summed E-state index contributed by atoms with van der Waals surface area (Å²) in [6, 6.07) is 12.9. The number of ketones is 1. The number of nitrogens with zero attached hydrogens (tertiary/aromatic N) is 3. The number of aromatic nitrogens is 3. The fraction of sp³-hybridized carbons (Fsp3) is 0.333. The number of benzene rings is 2. The first-order valence-corrected chi connectivity index (χ1v) is 12.4. The van der Waals surface area contributed by atoms with Crippen LogP contribution in [-0.2, 0) is 17.6 Å². The molecule has 174 valence electrons. The molecule has 0 aliphatic heterocycles. The molecular formula is C24H26Cl2N4O2S. The van der Waals surface area contributed by atoms with Gasteiger partial charge in [-0.2, -0.15) is 0 Å².